The van der Waals surface area contributed by atoms with Crippen molar-refractivity contribution in [2.75, 3.05) is 12.0 Å². The molecule has 4 atom stereocenters. The van der Waals surface area contributed by atoms with Gasteiger partial charge in [0.1, 0.15) is 18.1 Å². The fourth-order valence-electron chi connectivity index (χ4n) is 2.62. The van der Waals surface area contributed by atoms with Crippen molar-refractivity contribution < 1.29 is 24.3 Å². The van der Waals surface area contributed by atoms with Gasteiger partial charge < -0.3 is 26.8 Å². The van der Waals surface area contributed by atoms with Gasteiger partial charge in [-0.3, -0.25) is 14.4 Å². The van der Waals surface area contributed by atoms with Crippen LogP contribution in [-0.4, -0.2) is 65.0 Å². The molecule has 0 aliphatic rings. The van der Waals surface area contributed by atoms with Gasteiger partial charge in [-0.05, 0) is 36.2 Å². The Morgan fingerprint density at radius 2 is 1.23 bits per heavy atom. The summed E-state index contributed by atoms with van der Waals surface area (Å²) in [6.45, 7) is 10.7. The maximum absolute atomic E-state index is 12.9. The van der Waals surface area contributed by atoms with Crippen molar-refractivity contribution in [1.82, 2.24) is 16.0 Å². The summed E-state index contributed by atoms with van der Waals surface area (Å²) >= 11 is 1.48. The molecule has 0 saturated heterocycles. The van der Waals surface area contributed by atoms with Crippen molar-refractivity contribution in [2.45, 2.75) is 72.1 Å². The molecule has 0 bridgehead atoms. The normalized spacial score (nSPS) is 15.4. The molecule has 0 aromatic carbocycles. The van der Waals surface area contributed by atoms with Crippen molar-refractivity contribution >= 4 is 35.5 Å². The summed E-state index contributed by atoms with van der Waals surface area (Å²) in [5.74, 6) is -2.69. The molecule has 0 rings (SSSR count). The Balaban J connectivity index is 5.32. The van der Waals surface area contributed by atoms with Gasteiger partial charge in [0.2, 0.25) is 17.7 Å². The minimum Gasteiger partial charge on any atom is -0.480 e. The Kier molecular flexibility index (Phi) is 12.7. The quantitative estimate of drug-likeness (QED) is 0.277. The van der Waals surface area contributed by atoms with E-state index in [0.29, 0.717) is 5.75 Å². The number of amides is 3. The summed E-state index contributed by atoms with van der Waals surface area (Å²) in [7, 11) is 0. The minimum absolute atomic E-state index is 0.0932. The molecule has 174 valence electrons. The molecule has 30 heavy (non-hydrogen) atoms. The molecule has 0 aromatic rings. The zero-order valence-corrected chi connectivity index (χ0v) is 19.8. The predicted octanol–water partition coefficient (Wildman–Crippen LogP) is 0.574. The van der Waals surface area contributed by atoms with E-state index < -0.39 is 47.9 Å². The van der Waals surface area contributed by atoms with E-state index in [-0.39, 0.29) is 24.2 Å². The van der Waals surface area contributed by atoms with Gasteiger partial charge in [0.15, 0.2) is 0 Å². The van der Waals surface area contributed by atoms with E-state index in [1.165, 1.54) is 11.8 Å². The van der Waals surface area contributed by atoms with Crippen LogP contribution in [0.25, 0.3) is 0 Å². The SMILES string of the molecule is CSCCC(NC(=O)C(NC(=O)C(NC(=O)C(N)C(C)C)C(C)C)C(C)C)C(=O)O. The van der Waals surface area contributed by atoms with Gasteiger partial charge in [0.25, 0.3) is 0 Å². The van der Waals surface area contributed by atoms with E-state index in [4.69, 9.17) is 5.73 Å². The molecule has 0 aliphatic heterocycles. The molecule has 0 fully saturated rings. The third-order valence-corrected chi connectivity index (χ3v) is 5.38. The number of nitrogens with one attached hydrogen (secondary N) is 3. The summed E-state index contributed by atoms with van der Waals surface area (Å²) < 4.78 is 0. The number of thioether (sulfide) groups is 1. The van der Waals surface area contributed by atoms with E-state index in [9.17, 15) is 24.3 Å². The van der Waals surface area contributed by atoms with Crippen LogP contribution >= 0.6 is 11.8 Å². The van der Waals surface area contributed by atoms with Crippen LogP contribution in [0.4, 0.5) is 0 Å². The lowest BCUT2D eigenvalue weighted by Crippen LogP contribution is -2.60. The van der Waals surface area contributed by atoms with Crippen molar-refractivity contribution in [3.05, 3.63) is 0 Å². The number of hydrogen-bond donors (Lipinski definition) is 5. The Labute approximate surface area is 183 Å². The first-order valence-electron chi connectivity index (χ1n) is 10.2. The number of aliphatic carboxylic acids is 1. The largest absolute Gasteiger partial charge is 0.480 e. The van der Waals surface area contributed by atoms with Gasteiger partial charge in [-0.25, -0.2) is 4.79 Å². The molecular formula is C20H38N4O5S. The maximum atomic E-state index is 12.9. The number of carboxylic acids is 1. The van der Waals surface area contributed by atoms with E-state index in [1.807, 2.05) is 20.1 Å². The van der Waals surface area contributed by atoms with Crippen LogP contribution in [0.15, 0.2) is 0 Å². The zero-order chi connectivity index (χ0) is 23.6. The van der Waals surface area contributed by atoms with E-state index in [1.54, 1.807) is 27.7 Å². The minimum atomic E-state index is -1.12. The summed E-state index contributed by atoms with van der Waals surface area (Å²) in [6, 6.07) is -3.60. The number of carbonyl (C=O) groups is 4. The summed E-state index contributed by atoms with van der Waals surface area (Å²) in [4.78, 5) is 49.3. The summed E-state index contributed by atoms with van der Waals surface area (Å²) in [5.41, 5.74) is 5.86. The van der Waals surface area contributed by atoms with Crippen LogP contribution in [0.2, 0.25) is 0 Å². The second kappa shape index (κ2) is 13.5. The Bertz CT molecular complexity index is 598. The molecule has 9 nitrogen and oxygen atoms in total. The van der Waals surface area contributed by atoms with Crippen LogP contribution in [0, 0.1) is 17.8 Å². The van der Waals surface area contributed by atoms with Crippen LogP contribution in [-0.2, 0) is 19.2 Å². The molecule has 0 aromatic heterocycles. The number of rotatable bonds is 13. The van der Waals surface area contributed by atoms with E-state index in [2.05, 4.69) is 16.0 Å². The molecule has 10 heteroatoms. The van der Waals surface area contributed by atoms with Crippen LogP contribution < -0.4 is 21.7 Å². The topological polar surface area (TPSA) is 151 Å². The van der Waals surface area contributed by atoms with Gasteiger partial charge in [-0.15, -0.1) is 0 Å². The van der Waals surface area contributed by atoms with Gasteiger partial charge in [-0.2, -0.15) is 11.8 Å². The highest BCUT2D eigenvalue weighted by Gasteiger charge is 2.33. The van der Waals surface area contributed by atoms with Crippen LogP contribution in [0.5, 0.6) is 0 Å². The number of nitrogens with two attached hydrogens (primary N) is 1. The van der Waals surface area contributed by atoms with Gasteiger partial charge in [0, 0.05) is 0 Å². The van der Waals surface area contributed by atoms with Crippen molar-refractivity contribution in [3.8, 4) is 0 Å². The van der Waals surface area contributed by atoms with Crippen LogP contribution in [0.3, 0.4) is 0 Å². The fraction of sp³-hybridized carbons (Fsp3) is 0.800. The van der Waals surface area contributed by atoms with E-state index in [0.717, 1.165) is 0 Å². The van der Waals surface area contributed by atoms with E-state index >= 15 is 0 Å². The third-order valence-electron chi connectivity index (χ3n) is 4.74. The number of hydrogen-bond acceptors (Lipinski definition) is 6. The lowest BCUT2D eigenvalue weighted by molar-refractivity contribution is -0.142. The first kappa shape index (κ1) is 28.2. The van der Waals surface area contributed by atoms with Crippen LogP contribution in [0.1, 0.15) is 48.0 Å². The van der Waals surface area contributed by atoms with Crippen molar-refractivity contribution in [2.24, 2.45) is 23.5 Å². The standard InChI is InChI=1S/C20H38N4O5S/c1-10(2)14(21)17(25)23-16(12(5)6)19(27)24-15(11(3)4)18(26)22-13(20(28)29)8-9-30-7/h10-16H,8-9,21H2,1-7H3,(H,22,26)(H,23,25)(H,24,27)(H,28,29). The Morgan fingerprint density at radius 1 is 0.800 bits per heavy atom. The second-order valence-electron chi connectivity index (χ2n) is 8.41. The molecule has 0 aliphatic carbocycles. The zero-order valence-electron chi connectivity index (χ0n) is 19.0. The Hall–Kier alpha value is -1.81. The average Bonchev–Trinajstić information content (AvgIpc) is 2.65. The van der Waals surface area contributed by atoms with Gasteiger partial charge >= 0.3 is 5.97 Å². The molecule has 6 N–H and O–H groups in total. The molecule has 0 radical (unpaired) electrons. The number of carboxylic acid groups (broad SMARTS) is 1. The van der Waals surface area contributed by atoms with Gasteiger partial charge in [-0.1, -0.05) is 41.5 Å². The molecule has 4 unspecified atom stereocenters. The monoisotopic (exact) mass is 446 g/mol. The highest BCUT2D eigenvalue weighted by molar-refractivity contribution is 7.98. The third kappa shape index (κ3) is 9.34. The highest BCUT2D eigenvalue weighted by Crippen LogP contribution is 2.09. The van der Waals surface area contributed by atoms with Gasteiger partial charge in [0.05, 0.1) is 6.04 Å². The average molecular weight is 447 g/mol. The summed E-state index contributed by atoms with van der Waals surface area (Å²) in [5, 5.41) is 17.2. The smallest absolute Gasteiger partial charge is 0.326 e. The lowest BCUT2D eigenvalue weighted by Gasteiger charge is -2.29. The lowest BCUT2D eigenvalue weighted by atomic mass is 9.98. The highest BCUT2D eigenvalue weighted by atomic mass is 32.2. The molecular weight excluding hydrogens is 408 g/mol. The molecule has 0 saturated carbocycles. The Morgan fingerprint density at radius 3 is 1.60 bits per heavy atom. The second-order valence-corrected chi connectivity index (χ2v) is 9.40. The fourth-order valence-corrected chi connectivity index (χ4v) is 3.09. The molecule has 3 amide bonds. The number of carbonyl (C=O) groups excluding carboxylic acids is 3. The first-order chi connectivity index (χ1) is 13.8. The predicted molar refractivity (Wildman–Crippen MR) is 119 cm³/mol. The molecule has 0 spiro atoms. The first-order valence-corrected chi connectivity index (χ1v) is 11.6. The maximum Gasteiger partial charge on any atom is 0.326 e. The summed E-state index contributed by atoms with van der Waals surface area (Å²) in [6.07, 6.45) is 2.13. The van der Waals surface area contributed by atoms with Crippen molar-refractivity contribution in [3.63, 3.8) is 0 Å². The van der Waals surface area contributed by atoms with Crippen molar-refractivity contribution in [1.29, 1.82) is 0 Å². The molecule has 0 heterocycles.